The number of thiophene rings is 1. The molecule has 2 N–H and O–H groups in total. The number of hydrogen-bond donors (Lipinski definition) is 2. The number of carbonyl (C=O) groups is 1. The molecule has 0 saturated carbocycles. The van der Waals surface area contributed by atoms with Gasteiger partial charge in [0.05, 0.1) is 5.39 Å². The van der Waals surface area contributed by atoms with E-state index in [9.17, 15) is 9.18 Å². The minimum atomic E-state index is -0.259. The summed E-state index contributed by atoms with van der Waals surface area (Å²) in [5, 5.41) is 9.20. The van der Waals surface area contributed by atoms with Gasteiger partial charge in [0.1, 0.15) is 22.8 Å². The fraction of sp³-hybridized carbons (Fsp3) is 0.235. The molecule has 1 aliphatic rings. The van der Waals surface area contributed by atoms with E-state index in [0.717, 1.165) is 33.6 Å². The van der Waals surface area contributed by atoms with Crippen LogP contribution in [0.25, 0.3) is 21.3 Å². The number of halogens is 1. The molecule has 1 aliphatic heterocycles. The maximum Gasteiger partial charge on any atom is 0.220 e. The van der Waals surface area contributed by atoms with Crippen LogP contribution in [0.15, 0.2) is 36.0 Å². The molecule has 0 radical (unpaired) electrons. The molecule has 5 nitrogen and oxygen atoms in total. The second-order valence-corrected chi connectivity index (χ2v) is 6.60. The lowest BCUT2D eigenvalue weighted by molar-refractivity contribution is -0.119. The largest absolute Gasteiger partial charge is 0.367 e. The summed E-state index contributed by atoms with van der Waals surface area (Å²) >= 11 is 1.53. The Morgan fingerprint density at radius 1 is 1.29 bits per heavy atom. The van der Waals surface area contributed by atoms with E-state index in [1.807, 2.05) is 5.38 Å². The highest BCUT2D eigenvalue weighted by molar-refractivity contribution is 7.17. The molecule has 4 rings (SSSR count). The highest BCUT2D eigenvalue weighted by Crippen LogP contribution is 2.36. The number of hydrogen-bond acceptors (Lipinski definition) is 5. The zero-order valence-electron chi connectivity index (χ0n) is 12.8. The minimum absolute atomic E-state index is 0.0946. The summed E-state index contributed by atoms with van der Waals surface area (Å²) in [5.41, 5.74) is 1.91. The Bertz CT molecular complexity index is 893. The van der Waals surface area contributed by atoms with E-state index in [1.165, 1.54) is 29.8 Å². The topological polar surface area (TPSA) is 66.9 Å². The van der Waals surface area contributed by atoms with Gasteiger partial charge >= 0.3 is 0 Å². The lowest BCUT2D eigenvalue weighted by atomic mass is 10.1. The fourth-order valence-electron chi connectivity index (χ4n) is 2.90. The molecule has 7 heteroatoms. The summed E-state index contributed by atoms with van der Waals surface area (Å²) in [4.78, 5) is 20.9. The summed E-state index contributed by atoms with van der Waals surface area (Å²) in [5.74, 6) is 0.573. The van der Waals surface area contributed by atoms with Crippen molar-refractivity contribution in [2.24, 2.45) is 0 Å². The van der Waals surface area contributed by atoms with Crippen molar-refractivity contribution in [3.8, 4) is 11.1 Å². The van der Waals surface area contributed by atoms with Crippen LogP contribution in [0.4, 0.5) is 10.2 Å². The molecule has 1 aromatic carbocycles. The van der Waals surface area contributed by atoms with Gasteiger partial charge in [-0.3, -0.25) is 4.79 Å². The number of carbonyl (C=O) groups excluding carboxylic acids is 1. The number of anilines is 1. The molecule has 2 aromatic heterocycles. The first-order valence-electron chi connectivity index (χ1n) is 7.72. The lowest BCUT2D eigenvalue weighted by Gasteiger charge is -2.13. The minimum Gasteiger partial charge on any atom is -0.367 e. The second-order valence-electron chi connectivity index (χ2n) is 5.74. The monoisotopic (exact) mass is 342 g/mol. The molecular weight excluding hydrogens is 327 g/mol. The van der Waals surface area contributed by atoms with Crippen molar-refractivity contribution in [3.63, 3.8) is 0 Å². The number of amides is 1. The van der Waals surface area contributed by atoms with Crippen molar-refractivity contribution in [1.29, 1.82) is 0 Å². The van der Waals surface area contributed by atoms with E-state index in [1.54, 1.807) is 12.1 Å². The van der Waals surface area contributed by atoms with Crippen LogP contribution in [0, 0.1) is 5.82 Å². The van der Waals surface area contributed by atoms with Gasteiger partial charge in [0.2, 0.25) is 5.91 Å². The first-order valence-corrected chi connectivity index (χ1v) is 8.60. The summed E-state index contributed by atoms with van der Waals surface area (Å²) in [7, 11) is 0. The molecule has 1 fully saturated rings. The number of fused-ring (bicyclic) bond motifs is 1. The predicted molar refractivity (Wildman–Crippen MR) is 92.5 cm³/mol. The van der Waals surface area contributed by atoms with Gasteiger partial charge in [-0.1, -0.05) is 12.1 Å². The summed E-state index contributed by atoms with van der Waals surface area (Å²) < 4.78 is 13.2. The van der Waals surface area contributed by atoms with Crippen molar-refractivity contribution in [2.75, 3.05) is 11.9 Å². The molecule has 1 unspecified atom stereocenters. The van der Waals surface area contributed by atoms with Crippen molar-refractivity contribution < 1.29 is 9.18 Å². The zero-order chi connectivity index (χ0) is 16.5. The van der Waals surface area contributed by atoms with E-state index in [4.69, 9.17) is 0 Å². The van der Waals surface area contributed by atoms with Gasteiger partial charge in [0, 0.05) is 30.0 Å². The Hall–Kier alpha value is -2.54. The molecule has 1 amide bonds. The van der Waals surface area contributed by atoms with E-state index < -0.39 is 0 Å². The van der Waals surface area contributed by atoms with Gasteiger partial charge in [0.25, 0.3) is 0 Å². The average molecular weight is 342 g/mol. The van der Waals surface area contributed by atoms with Crippen LogP contribution < -0.4 is 10.6 Å². The van der Waals surface area contributed by atoms with Gasteiger partial charge in [-0.15, -0.1) is 11.3 Å². The Kier molecular flexibility index (Phi) is 3.86. The van der Waals surface area contributed by atoms with Gasteiger partial charge in [-0.25, -0.2) is 14.4 Å². The highest BCUT2D eigenvalue weighted by atomic mass is 32.1. The van der Waals surface area contributed by atoms with Crippen LogP contribution >= 0.6 is 11.3 Å². The first-order chi connectivity index (χ1) is 11.7. The summed E-state index contributed by atoms with van der Waals surface area (Å²) in [6, 6.07) is 6.53. The van der Waals surface area contributed by atoms with Gasteiger partial charge < -0.3 is 10.6 Å². The Morgan fingerprint density at radius 2 is 2.12 bits per heavy atom. The van der Waals surface area contributed by atoms with E-state index >= 15 is 0 Å². The first kappa shape index (κ1) is 15.0. The summed E-state index contributed by atoms with van der Waals surface area (Å²) in [6.07, 6.45) is 2.93. The Morgan fingerprint density at radius 3 is 2.88 bits per heavy atom. The SMILES string of the molecule is O=C1CCC(CNc2ncnc3scc(-c4ccc(F)cc4)c23)N1. The number of benzene rings is 1. The maximum absolute atomic E-state index is 13.2. The third-order valence-corrected chi connectivity index (χ3v) is 5.01. The third-order valence-electron chi connectivity index (χ3n) is 4.13. The second kappa shape index (κ2) is 6.16. The van der Waals surface area contributed by atoms with E-state index in [2.05, 4.69) is 20.6 Å². The van der Waals surface area contributed by atoms with Crippen molar-refractivity contribution in [3.05, 3.63) is 41.8 Å². The number of rotatable bonds is 4. The van der Waals surface area contributed by atoms with Crippen LogP contribution in [-0.4, -0.2) is 28.5 Å². The van der Waals surface area contributed by atoms with E-state index in [-0.39, 0.29) is 17.8 Å². The molecule has 3 heterocycles. The number of nitrogens with zero attached hydrogens (tertiary/aromatic N) is 2. The van der Waals surface area contributed by atoms with Crippen molar-refractivity contribution in [2.45, 2.75) is 18.9 Å². The van der Waals surface area contributed by atoms with Crippen LogP contribution in [0.2, 0.25) is 0 Å². The van der Waals surface area contributed by atoms with Gasteiger partial charge in [0.15, 0.2) is 0 Å². The van der Waals surface area contributed by atoms with Crippen LogP contribution in [0.1, 0.15) is 12.8 Å². The molecule has 122 valence electrons. The van der Waals surface area contributed by atoms with Gasteiger partial charge in [-0.05, 0) is 24.1 Å². The number of aromatic nitrogens is 2. The van der Waals surface area contributed by atoms with E-state index in [0.29, 0.717) is 13.0 Å². The zero-order valence-corrected chi connectivity index (χ0v) is 13.6. The molecular formula is C17H15FN4OS. The normalized spacial score (nSPS) is 17.2. The maximum atomic E-state index is 13.2. The molecule has 24 heavy (non-hydrogen) atoms. The highest BCUT2D eigenvalue weighted by Gasteiger charge is 2.21. The quantitative estimate of drug-likeness (QED) is 0.764. The van der Waals surface area contributed by atoms with Crippen molar-refractivity contribution >= 4 is 33.3 Å². The lowest BCUT2D eigenvalue weighted by Crippen LogP contribution is -2.32. The van der Waals surface area contributed by atoms with Crippen LogP contribution in [-0.2, 0) is 4.79 Å². The molecule has 1 atom stereocenters. The standard InChI is InChI=1S/C17H15FN4OS/c18-11-3-1-10(2-4-11)13-8-24-17-15(13)16(20-9-21-17)19-7-12-5-6-14(23)22-12/h1-4,8-9,12H,5-7H2,(H,22,23)(H,19,20,21). The summed E-state index contributed by atoms with van der Waals surface area (Å²) in [6.45, 7) is 0.622. The predicted octanol–water partition coefficient (Wildman–Crippen LogP) is 3.19. The Balaban J connectivity index is 1.66. The number of nitrogens with one attached hydrogen (secondary N) is 2. The smallest absolute Gasteiger partial charge is 0.220 e. The molecule has 1 saturated heterocycles. The molecule has 3 aromatic rings. The molecule has 0 spiro atoms. The molecule has 0 aliphatic carbocycles. The Labute approximate surface area is 141 Å². The van der Waals surface area contributed by atoms with Gasteiger partial charge in [-0.2, -0.15) is 0 Å². The molecule has 0 bridgehead atoms. The van der Waals surface area contributed by atoms with Crippen LogP contribution in [0.3, 0.4) is 0 Å². The van der Waals surface area contributed by atoms with Crippen molar-refractivity contribution in [1.82, 2.24) is 15.3 Å². The van der Waals surface area contributed by atoms with Crippen LogP contribution in [0.5, 0.6) is 0 Å². The fourth-order valence-corrected chi connectivity index (χ4v) is 3.82. The average Bonchev–Trinajstić information content (AvgIpc) is 3.20. The third kappa shape index (κ3) is 2.82.